The minimum absolute atomic E-state index is 0.157. The van der Waals surface area contributed by atoms with E-state index in [4.69, 9.17) is 21.3 Å². The minimum Gasteiger partial charge on any atom is -0.373 e. The summed E-state index contributed by atoms with van der Waals surface area (Å²) in [6, 6.07) is 4.38. The molecule has 5 rings (SSSR count). The first kappa shape index (κ1) is 22.7. The largest absolute Gasteiger partial charge is 0.373 e. The highest BCUT2D eigenvalue weighted by atomic mass is 35.5. The molecule has 4 aromatic rings. The van der Waals surface area contributed by atoms with Crippen molar-refractivity contribution in [3.05, 3.63) is 64.2 Å². The number of fused-ring (bicyclic) bond motifs is 1. The van der Waals surface area contributed by atoms with E-state index in [1.807, 2.05) is 13.8 Å². The number of aryl methyl sites for hydroxylation is 2. The van der Waals surface area contributed by atoms with Crippen LogP contribution < -0.4 is 0 Å². The fourth-order valence-electron chi connectivity index (χ4n) is 4.07. The second-order valence-electron chi connectivity index (χ2n) is 8.23. The molecule has 1 aliphatic rings. The summed E-state index contributed by atoms with van der Waals surface area (Å²) in [4.78, 5) is 18.6. The first-order valence-corrected chi connectivity index (χ1v) is 11.1. The lowest BCUT2D eigenvalue weighted by atomic mass is 9.92. The summed E-state index contributed by atoms with van der Waals surface area (Å²) in [7, 11) is 0. The molecular weight excluding hydrogens is 469 g/mol. The van der Waals surface area contributed by atoms with Gasteiger partial charge < -0.3 is 4.74 Å². The normalized spacial score (nSPS) is 18.7. The van der Waals surface area contributed by atoms with Gasteiger partial charge in [-0.3, -0.25) is 0 Å². The van der Waals surface area contributed by atoms with Crippen molar-refractivity contribution in [1.29, 1.82) is 0 Å². The summed E-state index contributed by atoms with van der Waals surface area (Å²) in [6.45, 7) is 1.32. The topological polar surface area (TPSA) is 78.6 Å². The number of rotatable bonds is 4. The van der Waals surface area contributed by atoms with E-state index in [-0.39, 0.29) is 16.5 Å². The summed E-state index contributed by atoms with van der Waals surface area (Å²) < 4.78 is 47.2. The molecule has 34 heavy (non-hydrogen) atoms. The highest BCUT2D eigenvalue weighted by molar-refractivity contribution is 6.30. The van der Waals surface area contributed by atoms with Crippen molar-refractivity contribution in [1.82, 2.24) is 29.7 Å². The van der Waals surface area contributed by atoms with Crippen molar-refractivity contribution < 1.29 is 17.9 Å². The third-order valence-electron chi connectivity index (χ3n) is 5.99. The smallest absolute Gasteiger partial charge is 0.333 e. The van der Waals surface area contributed by atoms with Crippen molar-refractivity contribution >= 4 is 22.8 Å². The summed E-state index contributed by atoms with van der Waals surface area (Å²) in [6.07, 6.45) is 3.30. The van der Waals surface area contributed by atoms with Crippen LogP contribution in [0.15, 0.2) is 30.6 Å². The maximum Gasteiger partial charge on any atom is 0.333 e. The SMILES string of the molecule is Cc1nc2nc([C@H]3CCO[C@@H](c4cnn(C(F)F)c4)C3)nc(-c3ccc(Cl)cc3F)c2nc1C. The Morgan fingerprint density at radius 3 is 2.65 bits per heavy atom. The van der Waals surface area contributed by atoms with Gasteiger partial charge in [0.15, 0.2) is 5.65 Å². The van der Waals surface area contributed by atoms with E-state index < -0.39 is 18.5 Å². The minimum atomic E-state index is -2.72. The van der Waals surface area contributed by atoms with E-state index in [0.717, 1.165) is 0 Å². The van der Waals surface area contributed by atoms with Crippen LogP contribution in [0.2, 0.25) is 5.02 Å². The van der Waals surface area contributed by atoms with E-state index in [0.29, 0.717) is 63.8 Å². The fourth-order valence-corrected chi connectivity index (χ4v) is 4.23. The molecule has 7 nitrogen and oxygen atoms in total. The van der Waals surface area contributed by atoms with E-state index >= 15 is 0 Å². The lowest BCUT2D eigenvalue weighted by Crippen LogP contribution is -2.20. The zero-order valence-electron chi connectivity index (χ0n) is 18.3. The third kappa shape index (κ3) is 4.23. The number of hydrogen-bond donors (Lipinski definition) is 0. The van der Waals surface area contributed by atoms with E-state index in [1.54, 1.807) is 12.1 Å². The Labute approximate surface area is 198 Å². The van der Waals surface area contributed by atoms with Crippen molar-refractivity contribution in [2.24, 2.45) is 0 Å². The van der Waals surface area contributed by atoms with Crippen LogP contribution >= 0.6 is 11.6 Å². The predicted octanol–water partition coefficient (Wildman–Crippen LogP) is 5.72. The van der Waals surface area contributed by atoms with Crippen LogP contribution in [0.3, 0.4) is 0 Å². The molecule has 1 aromatic carbocycles. The van der Waals surface area contributed by atoms with Gasteiger partial charge in [0, 0.05) is 34.9 Å². The number of nitrogens with zero attached hydrogens (tertiary/aromatic N) is 6. The molecule has 0 N–H and O–H groups in total. The van der Waals surface area contributed by atoms with Gasteiger partial charge >= 0.3 is 6.55 Å². The number of hydrogen-bond acceptors (Lipinski definition) is 6. The number of benzene rings is 1. The predicted molar refractivity (Wildman–Crippen MR) is 119 cm³/mol. The van der Waals surface area contributed by atoms with Gasteiger partial charge in [0.1, 0.15) is 22.9 Å². The van der Waals surface area contributed by atoms with Gasteiger partial charge in [0.25, 0.3) is 0 Å². The molecule has 0 bridgehead atoms. The van der Waals surface area contributed by atoms with Crippen LogP contribution in [0.5, 0.6) is 0 Å². The van der Waals surface area contributed by atoms with Gasteiger partial charge in [0.2, 0.25) is 0 Å². The zero-order valence-corrected chi connectivity index (χ0v) is 19.1. The Morgan fingerprint density at radius 1 is 1.12 bits per heavy atom. The van der Waals surface area contributed by atoms with Gasteiger partial charge in [-0.25, -0.2) is 29.0 Å². The Balaban J connectivity index is 1.58. The van der Waals surface area contributed by atoms with Gasteiger partial charge in [-0.15, -0.1) is 0 Å². The quantitative estimate of drug-likeness (QED) is 0.365. The monoisotopic (exact) mass is 488 g/mol. The standard InChI is InChI=1S/C23H20ClF3N6O/c1-11-12(2)30-22-20(29-11)19(16-4-3-15(24)8-17(16)25)31-21(32-22)13-5-6-34-18(7-13)14-9-28-33(10-14)23(26)27/h3-4,8-10,13,18,23H,5-7H2,1-2H3/t13-,18+/m0/s1. The van der Waals surface area contributed by atoms with Crippen molar-refractivity contribution in [2.75, 3.05) is 6.61 Å². The highest BCUT2D eigenvalue weighted by Gasteiger charge is 2.30. The first-order chi connectivity index (χ1) is 16.3. The molecule has 1 fully saturated rings. The van der Waals surface area contributed by atoms with Crippen molar-refractivity contribution in [3.63, 3.8) is 0 Å². The average Bonchev–Trinajstić information content (AvgIpc) is 3.31. The molecular formula is C23H20ClF3N6O. The van der Waals surface area contributed by atoms with Crippen molar-refractivity contribution in [3.8, 4) is 11.3 Å². The molecule has 0 amide bonds. The van der Waals surface area contributed by atoms with Crippen LogP contribution in [0, 0.1) is 19.7 Å². The number of aromatic nitrogens is 6. The molecule has 0 radical (unpaired) electrons. The number of halogens is 4. The summed E-state index contributed by atoms with van der Waals surface area (Å²) >= 11 is 5.95. The lowest BCUT2D eigenvalue weighted by molar-refractivity contribution is 0.00350. The molecule has 4 heterocycles. The van der Waals surface area contributed by atoms with E-state index in [2.05, 4.69) is 20.1 Å². The van der Waals surface area contributed by atoms with Crippen LogP contribution in [0.1, 0.15) is 54.2 Å². The second kappa shape index (κ2) is 8.92. The third-order valence-corrected chi connectivity index (χ3v) is 6.22. The lowest BCUT2D eigenvalue weighted by Gasteiger charge is -2.28. The summed E-state index contributed by atoms with van der Waals surface area (Å²) in [5, 5.41) is 3.98. The fraction of sp³-hybridized carbons (Fsp3) is 0.348. The molecule has 3 aromatic heterocycles. The van der Waals surface area contributed by atoms with Crippen LogP contribution in [0.25, 0.3) is 22.4 Å². The molecule has 11 heteroatoms. The maximum absolute atomic E-state index is 14.9. The molecule has 1 aliphatic heterocycles. The van der Waals surface area contributed by atoms with Gasteiger partial charge in [0.05, 0.1) is 23.7 Å². The molecule has 0 spiro atoms. The summed E-state index contributed by atoms with van der Waals surface area (Å²) in [5.41, 5.74) is 3.31. The Morgan fingerprint density at radius 2 is 1.91 bits per heavy atom. The molecule has 176 valence electrons. The van der Waals surface area contributed by atoms with Gasteiger partial charge in [-0.2, -0.15) is 13.9 Å². The Hall–Kier alpha value is -3.11. The van der Waals surface area contributed by atoms with Crippen LogP contribution in [-0.4, -0.2) is 36.3 Å². The van der Waals surface area contributed by atoms with E-state index in [1.165, 1.54) is 18.5 Å². The molecule has 0 unspecified atom stereocenters. The van der Waals surface area contributed by atoms with E-state index in [9.17, 15) is 13.2 Å². The molecule has 0 aliphatic carbocycles. The van der Waals surface area contributed by atoms with Gasteiger partial charge in [-0.1, -0.05) is 11.6 Å². The highest BCUT2D eigenvalue weighted by Crippen LogP contribution is 2.38. The molecule has 2 atom stereocenters. The zero-order chi connectivity index (χ0) is 24.0. The maximum atomic E-state index is 14.9. The Bertz CT molecular complexity index is 1380. The first-order valence-electron chi connectivity index (χ1n) is 10.7. The summed E-state index contributed by atoms with van der Waals surface area (Å²) in [5.74, 6) is -0.206. The average molecular weight is 489 g/mol. The van der Waals surface area contributed by atoms with Crippen LogP contribution in [-0.2, 0) is 4.74 Å². The molecule has 0 saturated carbocycles. The van der Waals surface area contributed by atoms with Crippen LogP contribution in [0.4, 0.5) is 13.2 Å². The molecule has 1 saturated heterocycles. The van der Waals surface area contributed by atoms with Crippen molar-refractivity contribution in [2.45, 2.75) is 45.3 Å². The van der Waals surface area contributed by atoms with Gasteiger partial charge in [-0.05, 0) is 44.9 Å². The number of ether oxygens (including phenoxy) is 1. The Kier molecular flexibility index (Phi) is 5.95. The second-order valence-corrected chi connectivity index (χ2v) is 8.67. The number of alkyl halides is 2.